The van der Waals surface area contributed by atoms with E-state index in [0.29, 0.717) is 28.4 Å². The Morgan fingerprint density at radius 1 is 0.929 bits per heavy atom. The van der Waals surface area contributed by atoms with Crippen LogP contribution >= 0.6 is 0 Å². The Morgan fingerprint density at radius 3 is 2.14 bits per heavy atom. The molecule has 3 rings (SSSR count). The molecular weight excluding hydrogens is 354 g/mol. The van der Waals surface area contributed by atoms with Gasteiger partial charge in [0.25, 0.3) is 0 Å². The van der Waals surface area contributed by atoms with E-state index in [0.717, 1.165) is 24.0 Å². The first-order valence-corrected chi connectivity index (χ1v) is 9.73. The van der Waals surface area contributed by atoms with Gasteiger partial charge in [0.1, 0.15) is 0 Å². The number of nitrogens with one attached hydrogen (secondary N) is 1. The van der Waals surface area contributed by atoms with Crippen molar-refractivity contribution in [2.75, 3.05) is 19.5 Å². The van der Waals surface area contributed by atoms with Crippen molar-refractivity contribution >= 4 is 17.6 Å². The van der Waals surface area contributed by atoms with Crippen molar-refractivity contribution in [3.63, 3.8) is 0 Å². The molecule has 1 saturated carbocycles. The smallest absolute Gasteiger partial charge is 0.340 e. The Bertz CT molecular complexity index is 855. The Morgan fingerprint density at radius 2 is 1.54 bits per heavy atom. The number of hydrogen-bond acceptors (Lipinski definition) is 5. The van der Waals surface area contributed by atoms with Crippen LogP contribution in [0.25, 0.3) is 11.1 Å². The topological polar surface area (TPSA) is 64.6 Å². The predicted octanol–water partition coefficient (Wildman–Crippen LogP) is 4.98. The van der Waals surface area contributed by atoms with Gasteiger partial charge in [-0.2, -0.15) is 0 Å². The monoisotopic (exact) mass is 381 g/mol. The summed E-state index contributed by atoms with van der Waals surface area (Å²) in [5.41, 5.74) is 3.57. The van der Waals surface area contributed by atoms with Crippen LogP contribution in [-0.2, 0) is 9.47 Å². The van der Waals surface area contributed by atoms with Gasteiger partial charge in [0, 0.05) is 17.3 Å². The van der Waals surface area contributed by atoms with E-state index in [4.69, 9.17) is 9.47 Å². The average molecular weight is 381 g/mol. The molecule has 5 nitrogen and oxygen atoms in total. The highest BCUT2D eigenvalue weighted by molar-refractivity contribution is 6.10. The fourth-order valence-corrected chi connectivity index (χ4v) is 3.97. The Labute approximate surface area is 166 Å². The third-order valence-corrected chi connectivity index (χ3v) is 5.33. The van der Waals surface area contributed by atoms with E-state index in [1.807, 2.05) is 43.3 Å². The summed E-state index contributed by atoms with van der Waals surface area (Å²) in [7, 11) is 2.71. The second kappa shape index (κ2) is 8.91. The quantitative estimate of drug-likeness (QED) is 0.740. The second-order valence-corrected chi connectivity index (χ2v) is 7.19. The number of aryl methyl sites for hydroxylation is 1. The molecule has 0 saturated heterocycles. The minimum atomic E-state index is -0.470. The maximum Gasteiger partial charge on any atom is 0.340 e. The average Bonchev–Trinajstić information content (AvgIpc) is 2.73. The number of esters is 2. The lowest BCUT2D eigenvalue weighted by Crippen LogP contribution is -2.25. The van der Waals surface area contributed by atoms with Crippen LogP contribution in [0.3, 0.4) is 0 Å². The first-order valence-electron chi connectivity index (χ1n) is 9.73. The van der Waals surface area contributed by atoms with Gasteiger partial charge in [0.15, 0.2) is 0 Å². The van der Waals surface area contributed by atoms with Crippen LogP contribution in [-0.4, -0.2) is 32.2 Å². The summed E-state index contributed by atoms with van der Waals surface area (Å²) in [6, 6.07) is 11.6. The summed E-state index contributed by atoms with van der Waals surface area (Å²) in [6.45, 7) is 1.87. The third-order valence-electron chi connectivity index (χ3n) is 5.33. The van der Waals surface area contributed by atoms with Crippen molar-refractivity contribution in [1.82, 2.24) is 0 Å². The molecule has 0 radical (unpaired) electrons. The lowest BCUT2D eigenvalue weighted by atomic mass is 9.88. The number of carbonyl (C=O) groups excluding carboxylic acids is 2. The zero-order valence-corrected chi connectivity index (χ0v) is 16.7. The van der Waals surface area contributed by atoms with Gasteiger partial charge in [-0.25, -0.2) is 9.59 Å². The Kier molecular flexibility index (Phi) is 6.34. The van der Waals surface area contributed by atoms with E-state index in [1.165, 1.54) is 33.5 Å². The lowest BCUT2D eigenvalue weighted by molar-refractivity contribution is 0.0600. The minimum Gasteiger partial charge on any atom is -0.465 e. The van der Waals surface area contributed by atoms with Crippen LogP contribution in [0.4, 0.5) is 5.69 Å². The van der Waals surface area contributed by atoms with Gasteiger partial charge in [-0.1, -0.05) is 49.6 Å². The zero-order chi connectivity index (χ0) is 20.1. The Hall–Kier alpha value is -2.82. The molecule has 0 aliphatic heterocycles. The second-order valence-electron chi connectivity index (χ2n) is 7.19. The number of anilines is 1. The van der Waals surface area contributed by atoms with Crippen molar-refractivity contribution in [3.05, 3.63) is 53.1 Å². The normalized spacial score (nSPS) is 14.4. The number of hydrogen-bond donors (Lipinski definition) is 1. The van der Waals surface area contributed by atoms with Gasteiger partial charge in [-0.3, -0.25) is 0 Å². The molecule has 2 aromatic carbocycles. The molecule has 1 N–H and O–H groups in total. The summed E-state index contributed by atoms with van der Waals surface area (Å²) in [5, 5.41) is 3.55. The van der Waals surface area contributed by atoms with Gasteiger partial charge >= 0.3 is 11.9 Å². The molecule has 2 aromatic rings. The molecule has 0 unspecified atom stereocenters. The van der Waals surface area contributed by atoms with Crippen molar-refractivity contribution in [1.29, 1.82) is 0 Å². The SMILES string of the molecule is COC(=O)c1c(C)cc(NC2CCCCC2)c(C(=O)OC)c1-c1ccccc1. The fraction of sp³-hybridized carbons (Fsp3) is 0.391. The van der Waals surface area contributed by atoms with E-state index in [1.54, 1.807) is 0 Å². The highest BCUT2D eigenvalue weighted by atomic mass is 16.5. The van der Waals surface area contributed by atoms with Crippen LogP contribution in [0.1, 0.15) is 58.4 Å². The van der Waals surface area contributed by atoms with E-state index in [-0.39, 0.29) is 0 Å². The largest absolute Gasteiger partial charge is 0.465 e. The molecule has 0 bridgehead atoms. The summed E-state index contributed by atoms with van der Waals surface area (Å²) in [4.78, 5) is 25.4. The zero-order valence-electron chi connectivity index (χ0n) is 16.7. The molecule has 0 heterocycles. The molecule has 0 amide bonds. The van der Waals surface area contributed by atoms with Crippen molar-refractivity contribution in [2.24, 2.45) is 0 Å². The van der Waals surface area contributed by atoms with E-state index in [9.17, 15) is 9.59 Å². The van der Waals surface area contributed by atoms with Gasteiger partial charge in [-0.05, 0) is 37.0 Å². The number of rotatable bonds is 5. The number of ether oxygens (including phenoxy) is 2. The van der Waals surface area contributed by atoms with Gasteiger partial charge < -0.3 is 14.8 Å². The van der Waals surface area contributed by atoms with Crippen molar-refractivity contribution in [2.45, 2.75) is 45.1 Å². The van der Waals surface area contributed by atoms with Crippen LogP contribution in [0, 0.1) is 6.92 Å². The van der Waals surface area contributed by atoms with Crippen LogP contribution < -0.4 is 5.32 Å². The maximum absolute atomic E-state index is 12.8. The highest BCUT2D eigenvalue weighted by Crippen LogP contribution is 2.37. The van der Waals surface area contributed by atoms with Gasteiger partial charge in [0.2, 0.25) is 0 Å². The first-order chi connectivity index (χ1) is 13.6. The number of carbonyl (C=O) groups is 2. The summed E-state index contributed by atoms with van der Waals surface area (Å²) in [6.07, 6.45) is 5.74. The van der Waals surface area contributed by atoms with Crippen molar-refractivity contribution in [3.8, 4) is 11.1 Å². The fourth-order valence-electron chi connectivity index (χ4n) is 3.97. The highest BCUT2D eigenvalue weighted by Gasteiger charge is 2.28. The number of benzene rings is 2. The molecule has 1 aliphatic carbocycles. The molecule has 1 aliphatic rings. The molecule has 1 fully saturated rings. The molecular formula is C23H27NO4. The summed E-state index contributed by atoms with van der Waals surface area (Å²) < 4.78 is 10.1. The van der Waals surface area contributed by atoms with Gasteiger partial charge in [-0.15, -0.1) is 0 Å². The standard InChI is InChI=1S/C23H27NO4/c1-15-14-18(24-17-12-8-5-9-13-17)21(23(26)28-3)20(19(15)22(25)27-2)16-10-6-4-7-11-16/h4,6-7,10-11,14,17,24H,5,8-9,12-13H2,1-3H3. The van der Waals surface area contributed by atoms with Crippen LogP contribution in [0.15, 0.2) is 36.4 Å². The molecule has 0 atom stereocenters. The number of methoxy groups -OCH3 is 2. The molecule has 0 spiro atoms. The van der Waals surface area contributed by atoms with Crippen molar-refractivity contribution < 1.29 is 19.1 Å². The van der Waals surface area contributed by atoms with E-state index in [2.05, 4.69) is 5.32 Å². The molecule has 28 heavy (non-hydrogen) atoms. The molecule has 0 aromatic heterocycles. The van der Waals surface area contributed by atoms with E-state index >= 15 is 0 Å². The minimum absolute atomic E-state index is 0.309. The summed E-state index contributed by atoms with van der Waals surface area (Å²) in [5.74, 6) is -0.937. The molecule has 148 valence electrons. The predicted molar refractivity (Wildman–Crippen MR) is 110 cm³/mol. The summed E-state index contributed by atoms with van der Waals surface area (Å²) >= 11 is 0. The maximum atomic E-state index is 12.8. The molecule has 5 heteroatoms. The lowest BCUT2D eigenvalue weighted by Gasteiger charge is -2.27. The van der Waals surface area contributed by atoms with Crippen LogP contribution in [0.2, 0.25) is 0 Å². The van der Waals surface area contributed by atoms with Gasteiger partial charge in [0.05, 0.1) is 25.3 Å². The van der Waals surface area contributed by atoms with E-state index < -0.39 is 11.9 Å². The van der Waals surface area contributed by atoms with Crippen LogP contribution in [0.5, 0.6) is 0 Å². The first kappa shape index (κ1) is 19.9. The Balaban J connectivity index is 2.24. The third kappa shape index (κ3) is 4.03.